The van der Waals surface area contributed by atoms with Crippen molar-refractivity contribution >= 4 is 5.91 Å². The van der Waals surface area contributed by atoms with Crippen molar-refractivity contribution in [3.05, 3.63) is 47.8 Å². The van der Waals surface area contributed by atoms with E-state index in [2.05, 4.69) is 15.3 Å². The van der Waals surface area contributed by atoms with Gasteiger partial charge in [-0.3, -0.25) is 9.69 Å². The molecule has 0 spiro atoms. The summed E-state index contributed by atoms with van der Waals surface area (Å²) in [6.07, 6.45) is 4.30. The van der Waals surface area contributed by atoms with E-state index in [4.69, 9.17) is 0 Å². The number of halogens is 2. The Morgan fingerprint density at radius 1 is 1.27 bits per heavy atom. The van der Waals surface area contributed by atoms with Gasteiger partial charge in [-0.25, -0.2) is 13.5 Å². The van der Waals surface area contributed by atoms with Crippen molar-refractivity contribution in [1.29, 1.82) is 0 Å². The Balaban J connectivity index is 1.55. The van der Waals surface area contributed by atoms with Crippen LogP contribution in [0.5, 0.6) is 0 Å². The topological polar surface area (TPSA) is 50.2 Å². The Kier molecular flexibility index (Phi) is 5.98. The number of carbonyl (C=O) groups is 1. The Hall–Kier alpha value is -2.28. The fourth-order valence-corrected chi connectivity index (χ4v) is 3.22. The highest BCUT2D eigenvalue weighted by Crippen LogP contribution is 2.20. The van der Waals surface area contributed by atoms with Crippen LogP contribution < -0.4 is 5.32 Å². The molecule has 3 rings (SSSR count). The average Bonchev–Trinajstić information content (AvgIpc) is 3.08. The molecule has 1 fully saturated rings. The zero-order chi connectivity index (χ0) is 18.5. The van der Waals surface area contributed by atoms with E-state index in [0.29, 0.717) is 6.54 Å². The summed E-state index contributed by atoms with van der Waals surface area (Å²) >= 11 is 0. The van der Waals surface area contributed by atoms with Crippen molar-refractivity contribution in [3.8, 4) is 5.69 Å². The fraction of sp³-hybridized carbons (Fsp3) is 0.474. The minimum atomic E-state index is -0.640. The molecule has 2 heterocycles. The Morgan fingerprint density at radius 2 is 2.04 bits per heavy atom. The summed E-state index contributed by atoms with van der Waals surface area (Å²) in [5, 5.41) is 7.35. The van der Waals surface area contributed by atoms with Crippen LogP contribution in [-0.2, 0) is 11.3 Å². The van der Waals surface area contributed by atoms with Crippen molar-refractivity contribution in [3.63, 3.8) is 0 Å². The van der Waals surface area contributed by atoms with E-state index < -0.39 is 11.6 Å². The molecule has 1 N–H and O–H groups in total. The molecular weight excluding hydrogens is 338 g/mol. The molecule has 26 heavy (non-hydrogen) atoms. The molecule has 5 nitrogen and oxygen atoms in total. The largest absolute Gasteiger partial charge is 0.356 e. The Bertz CT molecular complexity index is 754. The van der Waals surface area contributed by atoms with E-state index >= 15 is 0 Å². The second kappa shape index (κ2) is 8.40. The van der Waals surface area contributed by atoms with Gasteiger partial charge in [0.05, 0.1) is 5.69 Å². The molecule has 1 aliphatic heterocycles. The lowest BCUT2D eigenvalue weighted by molar-refractivity contribution is -0.126. The van der Waals surface area contributed by atoms with Gasteiger partial charge < -0.3 is 5.32 Å². The van der Waals surface area contributed by atoms with Crippen molar-refractivity contribution in [2.24, 2.45) is 5.92 Å². The number of nitrogens with one attached hydrogen (secondary N) is 1. The van der Waals surface area contributed by atoms with Gasteiger partial charge in [0.25, 0.3) is 0 Å². The molecule has 140 valence electrons. The van der Waals surface area contributed by atoms with Gasteiger partial charge in [0.2, 0.25) is 5.91 Å². The lowest BCUT2D eigenvalue weighted by atomic mass is 9.96. The molecule has 0 bridgehead atoms. The van der Waals surface area contributed by atoms with Crippen molar-refractivity contribution in [1.82, 2.24) is 20.0 Å². The summed E-state index contributed by atoms with van der Waals surface area (Å²) in [5.41, 5.74) is 1.05. The van der Waals surface area contributed by atoms with E-state index in [-0.39, 0.29) is 17.5 Å². The lowest BCUT2D eigenvalue weighted by Gasteiger charge is -2.30. The van der Waals surface area contributed by atoms with Crippen LogP contribution in [0.2, 0.25) is 0 Å². The fourth-order valence-electron chi connectivity index (χ4n) is 3.22. The van der Waals surface area contributed by atoms with Gasteiger partial charge in [-0.1, -0.05) is 6.92 Å². The third kappa shape index (κ3) is 4.46. The highest BCUT2D eigenvalue weighted by atomic mass is 19.1. The third-order valence-electron chi connectivity index (χ3n) is 4.69. The second-order valence-corrected chi connectivity index (χ2v) is 6.69. The predicted octanol–water partition coefficient (Wildman–Crippen LogP) is 2.89. The van der Waals surface area contributed by atoms with Gasteiger partial charge in [-0.2, -0.15) is 5.10 Å². The summed E-state index contributed by atoms with van der Waals surface area (Å²) in [5.74, 6) is -1.01. The smallest absolute Gasteiger partial charge is 0.223 e. The zero-order valence-electron chi connectivity index (χ0n) is 14.9. The number of hydrogen-bond donors (Lipinski definition) is 1. The quantitative estimate of drug-likeness (QED) is 0.860. The molecule has 0 aliphatic carbocycles. The summed E-state index contributed by atoms with van der Waals surface area (Å²) in [4.78, 5) is 14.3. The molecule has 0 radical (unpaired) electrons. The first-order chi connectivity index (χ1) is 12.6. The number of benzene rings is 1. The maximum Gasteiger partial charge on any atom is 0.223 e. The molecule has 7 heteroatoms. The van der Waals surface area contributed by atoms with Crippen molar-refractivity contribution in [2.75, 3.05) is 19.6 Å². The van der Waals surface area contributed by atoms with Crippen LogP contribution in [0, 0.1) is 17.6 Å². The SMILES string of the molecule is CCCNC(=O)C1CCN(Cc2ccn(-c3ccc(F)cc3F)n2)CC1. The summed E-state index contributed by atoms with van der Waals surface area (Å²) < 4.78 is 28.3. The summed E-state index contributed by atoms with van der Waals surface area (Å²) in [6, 6.07) is 5.28. The maximum absolute atomic E-state index is 13.9. The normalized spacial score (nSPS) is 16.0. The Morgan fingerprint density at radius 3 is 2.73 bits per heavy atom. The third-order valence-corrected chi connectivity index (χ3v) is 4.69. The highest BCUT2D eigenvalue weighted by Gasteiger charge is 2.25. The predicted molar refractivity (Wildman–Crippen MR) is 94.8 cm³/mol. The molecule has 1 saturated heterocycles. The number of amides is 1. The molecule has 0 atom stereocenters. The average molecular weight is 362 g/mol. The molecular formula is C19H24F2N4O. The minimum Gasteiger partial charge on any atom is -0.356 e. The first kappa shape index (κ1) is 18.5. The lowest BCUT2D eigenvalue weighted by Crippen LogP contribution is -2.40. The molecule has 1 amide bonds. The molecule has 1 aliphatic rings. The highest BCUT2D eigenvalue weighted by molar-refractivity contribution is 5.78. The monoisotopic (exact) mass is 362 g/mol. The van der Waals surface area contributed by atoms with Crippen LogP contribution in [0.3, 0.4) is 0 Å². The number of carbonyl (C=O) groups excluding carboxylic acids is 1. The van der Waals surface area contributed by atoms with E-state index in [1.807, 2.05) is 13.0 Å². The molecule has 1 aromatic heterocycles. The minimum absolute atomic E-state index is 0.0867. The second-order valence-electron chi connectivity index (χ2n) is 6.69. The summed E-state index contributed by atoms with van der Waals surface area (Å²) in [7, 11) is 0. The van der Waals surface area contributed by atoms with Gasteiger partial charge >= 0.3 is 0 Å². The number of piperidine rings is 1. The molecule has 2 aromatic rings. The first-order valence-electron chi connectivity index (χ1n) is 9.07. The maximum atomic E-state index is 13.9. The van der Waals surface area contributed by atoms with Gasteiger partial charge in [0.1, 0.15) is 11.5 Å². The van der Waals surface area contributed by atoms with Crippen LogP contribution in [0.1, 0.15) is 31.9 Å². The van der Waals surface area contributed by atoms with Gasteiger partial charge in [-0.05, 0) is 50.6 Å². The Labute approximate surface area is 152 Å². The van der Waals surface area contributed by atoms with Gasteiger partial charge in [0, 0.05) is 31.3 Å². The van der Waals surface area contributed by atoms with Crippen LogP contribution >= 0.6 is 0 Å². The molecule has 0 saturated carbocycles. The van der Waals surface area contributed by atoms with Crippen molar-refractivity contribution < 1.29 is 13.6 Å². The van der Waals surface area contributed by atoms with Crippen LogP contribution in [0.15, 0.2) is 30.5 Å². The van der Waals surface area contributed by atoms with E-state index in [9.17, 15) is 13.6 Å². The first-order valence-corrected chi connectivity index (χ1v) is 9.07. The number of likely N-dealkylation sites (tertiary alicyclic amines) is 1. The molecule has 1 aromatic carbocycles. The van der Waals surface area contributed by atoms with Crippen LogP contribution in [-0.4, -0.2) is 40.2 Å². The van der Waals surface area contributed by atoms with Crippen LogP contribution in [0.25, 0.3) is 5.69 Å². The van der Waals surface area contributed by atoms with E-state index in [1.165, 1.54) is 16.8 Å². The summed E-state index contributed by atoms with van der Waals surface area (Å²) in [6.45, 7) is 5.10. The number of rotatable bonds is 6. The number of nitrogens with zero attached hydrogens (tertiary/aromatic N) is 3. The number of hydrogen-bond acceptors (Lipinski definition) is 3. The molecule has 0 unspecified atom stereocenters. The van der Waals surface area contributed by atoms with Gasteiger partial charge in [-0.15, -0.1) is 0 Å². The van der Waals surface area contributed by atoms with Crippen LogP contribution in [0.4, 0.5) is 8.78 Å². The number of aromatic nitrogens is 2. The van der Waals surface area contributed by atoms with E-state index in [0.717, 1.165) is 50.7 Å². The van der Waals surface area contributed by atoms with Crippen molar-refractivity contribution in [2.45, 2.75) is 32.7 Å². The van der Waals surface area contributed by atoms with E-state index in [1.54, 1.807) is 6.20 Å². The van der Waals surface area contributed by atoms with Gasteiger partial charge in [0.15, 0.2) is 5.82 Å². The zero-order valence-corrected chi connectivity index (χ0v) is 14.9. The standard InChI is InChI=1S/C19H24F2N4O/c1-2-8-22-19(26)14-5-9-24(10-6-14)13-16-7-11-25(23-16)18-4-3-15(20)12-17(18)21/h3-4,7,11-12,14H,2,5-6,8-10,13H2,1H3,(H,22,26).